The molecule has 0 aromatic heterocycles. The topological polar surface area (TPSA) is 113 Å². The zero-order chi connectivity index (χ0) is 24.9. The van der Waals surface area contributed by atoms with Crippen molar-refractivity contribution >= 4 is 23.4 Å². The Bertz CT molecular complexity index is 881. The largest absolute Gasteiger partial charge is 0.478 e. The second kappa shape index (κ2) is 11.1. The molecular weight excluding hydrogens is 438 g/mol. The molecule has 188 valence electrons. The minimum atomic E-state index is -1.07. The van der Waals surface area contributed by atoms with Gasteiger partial charge in [-0.1, -0.05) is 19.3 Å². The zero-order valence-electron chi connectivity index (χ0n) is 20.5. The number of ether oxygens (including phenoxy) is 1. The Kier molecular flexibility index (Phi) is 8.38. The minimum Gasteiger partial charge on any atom is -0.478 e. The number of hydrogen-bond donors (Lipinski definition) is 1. The summed E-state index contributed by atoms with van der Waals surface area (Å²) in [6.07, 6.45) is 7.19. The van der Waals surface area contributed by atoms with Crippen LogP contribution < -0.4 is 4.90 Å². The molecule has 34 heavy (non-hydrogen) atoms. The van der Waals surface area contributed by atoms with Crippen molar-refractivity contribution in [2.45, 2.75) is 71.3 Å². The molecule has 0 atom stereocenters. The van der Waals surface area contributed by atoms with E-state index >= 15 is 0 Å². The minimum absolute atomic E-state index is 0.0835. The summed E-state index contributed by atoms with van der Waals surface area (Å²) >= 11 is 0. The fraction of sp³-hybridized carbons (Fsp3) is 0.680. The number of aromatic carboxylic acids is 1. The van der Waals surface area contributed by atoms with Crippen LogP contribution in [0.4, 0.5) is 16.2 Å². The van der Waals surface area contributed by atoms with Crippen LogP contribution in [0, 0.1) is 22.0 Å². The van der Waals surface area contributed by atoms with Gasteiger partial charge in [-0.05, 0) is 64.4 Å². The third kappa shape index (κ3) is 7.08. The number of carboxylic acids is 1. The quantitative estimate of drug-likeness (QED) is 0.419. The van der Waals surface area contributed by atoms with Crippen LogP contribution in [0.5, 0.6) is 0 Å². The van der Waals surface area contributed by atoms with Crippen LogP contribution in [0.25, 0.3) is 0 Å². The summed E-state index contributed by atoms with van der Waals surface area (Å²) in [4.78, 5) is 38.2. The van der Waals surface area contributed by atoms with Crippen LogP contribution in [0.1, 0.15) is 76.1 Å². The summed E-state index contributed by atoms with van der Waals surface area (Å²) in [6, 6.07) is 3.96. The average Bonchev–Trinajstić information content (AvgIpc) is 2.78. The molecule has 9 nitrogen and oxygen atoms in total. The molecule has 2 saturated heterocycles. The normalized spacial score (nSPS) is 18.1. The van der Waals surface area contributed by atoms with E-state index in [1.165, 1.54) is 18.2 Å². The number of carbonyl (C=O) groups is 2. The Morgan fingerprint density at radius 2 is 1.62 bits per heavy atom. The van der Waals surface area contributed by atoms with E-state index in [-0.39, 0.29) is 17.3 Å². The first-order chi connectivity index (χ1) is 16.0. The van der Waals surface area contributed by atoms with E-state index in [1.54, 1.807) is 0 Å². The molecule has 2 heterocycles. The van der Waals surface area contributed by atoms with Gasteiger partial charge in [0.05, 0.1) is 16.2 Å². The molecule has 0 bridgehead atoms. The fourth-order valence-electron chi connectivity index (χ4n) is 4.96. The number of nitro benzene ring substituents is 1. The lowest BCUT2D eigenvalue weighted by molar-refractivity contribution is -0.384. The third-order valence-electron chi connectivity index (χ3n) is 6.87. The smallest absolute Gasteiger partial charge is 0.410 e. The highest BCUT2D eigenvalue weighted by molar-refractivity contribution is 5.95. The monoisotopic (exact) mass is 475 g/mol. The lowest BCUT2D eigenvalue weighted by Crippen LogP contribution is -2.41. The standard InChI is InChI=1S/C25H37N3O6/c1-25(2,3)34-24(31)27-15-11-19(12-16-27)6-4-5-18-9-13-26(14-10-18)22-17-20(28(32)33)7-8-21(22)23(29)30/h7-8,17-19H,4-6,9-16H2,1-3H3,(H,29,30). The van der Waals surface area contributed by atoms with Gasteiger partial charge in [-0.2, -0.15) is 0 Å². The van der Waals surface area contributed by atoms with Gasteiger partial charge in [0, 0.05) is 38.3 Å². The fourth-order valence-corrected chi connectivity index (χ4v) is 4.96. The van der Waals surface area contributed by atoms with Gasteiger partial charge >= 0.3 is 12.1 Å². The van der Waals surface area contributed by atoms with E-state index in [2.05, 4.69) is 0 Å². The van der Waals surface area contributed by atoms with Crippen LogP contribution in [0.3, 0.4) is 0 Å². The van der Waals surface area contributed by atoms with E-state index in [1.807, 2.05) is 30.6 Å². The summed E-state index contributed by atoms with van der Waals surface area (Å²) in [7, 11) is 0. The zero-order valence-corrected chi connectivity index (χ0v) is 20.5. The van der Waals surface area contributed by atoms with Gasteiger partial charge in [0.25, 0.3) is 5.69 Å². The molecule has 0 radical (unpaired) electrons. The first-order valence-electron chi connectivity index (χ1n) is 12.3. The Labute approximate surface area is 201 Å². The average molecular weight is 476 g/mol. The number of piperidine rings is 2. The van der Waals surface area contributed by atoms with Crippen molar-refractivity contribution in [3.05, 3.63) is 33.9 Å². The number of carbonyl (C=O) groups excluding carboxylic acids is 1. The van der Waals surface area contributed by atoms with Crippen molar-refractivity contribution < 1.29 is 24.4 Å². The maximum atomic E-state index is 12.2. The van der Waals surface area contributed by atoms with E-state index in [0.29, 0.717) is 30.6 Å². The maximum Gasteiger partial charge on any atom is 0.410 e. The summed E-state index contributed by atoms with van der Waals surface area (Å²) in [5, 5.41) is 20.6. The molecule has 0 spiro atoms. The van der Waals surface area contributed by atoms with Crippen LogP contribution >= 0.6 is 0 Å². The number of amides is 1. The molecule has 9 heteroatoms. The number of nitro groups is 1. The predicted molar refractivity (Wildman–Crippen MR) is 129 cm³/mol. The number of carboxylic acid groups (broad SMARTS) is 1. The molecule has 0 unspecified atom stereocenters. The molecule has 0 saturated carbocycles. The molecule has 1 aromatic carbocycles. The number of non-ortho nitro benzene ring substituents is 1. The summed E-state index contributed by atoms with van der Waals surface area (Å²) in [6.45, 7) is 8.59. The summed E-state index contributed by atoms with van der Waals surface area (Å²) in [5.41, 5.74) is 0.00649. The van der Waals surface area contributed by atoms with Crippen molar-refractivity contribution in [2.24, 2.45) is 11.8 Å². The second-order valence-corrected chi connectivity index (χ2v) is 10.5. The SMILES string of the molecule is CC(C)(C)OC(=O)N1CCC(CCCC2CCN(c3cc([N+](=O)[O-])ccc3C(=O)O)CC2)CC1. The van der Waals surface area contributed by atoms with E-state index in [4.69, 9.17) is 4.74 Å². The van der Waals surface area contributed by atoms with Gasteiger partial charge in [-0.25, -0.2) is 9.59 Å². The lowest BCUT2D eigenvalue weighted by atomic mass is 9.86. The number of rotatable bonds is 7. The molecule has 1 amide bonds. The van der Waals surface area contributed by atoms with Crippen LogP contribution in [-0.4, -0.2) is 58.8 Å². The van der Waals surface area contributed by atoms with E-state index < -0.39 is 16.5 Å². The van der Waals surface area contributed by atoms with Crippen molar-refractivity contribution in [1.82, 2.24) is 4.90 Å². The number of hydrogen-bond acceptors (Lipinski definition) is 6. The summed E-state index contributed by atoms with van der Waals surface area (Å²) in [5.74, 6) is 0.164. The van der Waals surface area contributed by atoms with Gasteiger partial charge in [-0.3, -0.25) is 10.1 Å². The highest BCUT2D eigenvalue weighted by atomic mass is 16.6. The molecule has 2 fully saturated rings. The van der Waals surface area contributed by atoms with Crippen LogP contribution in [0.2, 0.25) is 0 Å². The van der Waals surface area contributed by atoms with Crippen molar-refractivity contribution in [1.29, 1.82) is 0 Å². The Balaban J connectivity index is 1.41. The maximum absolute atomic E-state index is 12.2. The Hall–Kier alpha value is -2.84. The van der Waals surface area contributed by atoms with Crippen molar-refractivity contribution in [3.8, 4) is 0 Å². The van der Waals surface area contributed by atoms with Gasteiger partial charge in [0.1, 0.15) is 5.60 Å². The molecule has 0 aliphatic carbocycles. The van der Waals surface area contributed by atoms with Crippen molar-refractivity contribution in [2.75, 3.05) is 31.1 Å². The van der Waals surface area contributed by atoms with Gasteiger partial charge in [0.15, 0.2) is 0 Å². The van der Waals surface area contributed by atoms with Gasteiger partial charge in [-0.15, -0.1) is 0 Å². The third-order valence-corrected chi connectivity index (χ3v) is 6.87. The van der Waals surface area contributed by atoms with Gasteiger partial charge < -0.3 is 19.6 Å². The Morgan fingerprint density at radius 1 is 1.06 bits per heavy atom. The molecule has 3 rings (SSSR count). The van der Waals surface area contributed by atoms with E-state index in [0.717, 1.165) is 58.0 Å². The lowest BCUT2D eigenvalue weighted by Gasteiger charge is -2.35. The first-order valence-corrected chi connectivity index (χ1v) is 12.3. The summed E-state index contributed by atoms with van der Waals surface area (Å²) < 4.78 is 5.47. The predicted octanol–water partition coefficient (Wildman–Crippen LogP) is 5.33. The number of nitrogens with zero attached hydrogens (tertiary/aromatic N) is 3. The van der Waals surface area contributed by atoms with Crippen LogP contribution in [0.15, 0.2) is 18.2 Å². The highest BCUT2D eigenvalue weighted by Crippen LogP contribution is 2.32. The Morgan fingerprint density at radius 3 is 2.12 bits per heavy atom. The first kappa shape index (κ1) is 25.8. The highest BCUT2D eigenvalue weighted by Gasteiger charge is 2.28. The molecule has 1 N–H and O–H groups in total. The molecule has 1 aromatic rings. The molecule has 2 aliphatic heterocycles. The number of benzene rings is 1. The molecular formula is C25H37N3O6. The van der Waals surface area contributed by atoms with E-state index in [9.17, 15) is 24.8 Å². The number of likely N-dealkylation sites (tertiary alicyclic amines) is 1. The second-order valence-electron chi connectivity index (χ2n) is 10.5. The van der Waals surface area contributed by atoms with Gasteiger partial charge in [0.2, 0.25) is 0 Å². The van der Waals surface area contributed by atoms with Crippen molar-refractivity contribution in [3.63, 3.8) is 0 Å². The molecule has 2 aliphatic rings. The number of anilines is 1. The van der Waals surface area contributed by atoms with Crippen LogP contribution in [-0.2, 0) is 4.74 Å².